The number of furan rings is 1. The van der Waals surface area contributed by atoms with Crippen LogP contribution in [-0.4, -0.2) is 0 Å². The predicted molar refractivity (Wildman–Crippen MR) is 183 cm³/mol. The molecule has 0 aliphatic heterocycles. The number of hydrogen-bond donors (Lipinski definition) is 0. The average molecular weight is 554 g/mol. The molecule has 0 atom stereocenters. The minimum Gasteiger partial charge on any atom is -0.455 e. The normalized spacial score (nSPS) is 14.0. The molecule has 1 heteroatoms. The molecule has 0 amide bonds. The van der Waals surface area contributed by atoms with E-state index in [-0.39, 0.29) is 57.7 Å². The van der Waals surface area contributed by atoms with E-state index in [1.54, 1.807) is 0 Å². The van der Waals surface area contributed by atoms with E-state index in [1.807, 2.05) is 60.7 Å². The average Bonchev–Trinajstić information content (AvgIpc) is 3.56. The van der Waals surface area contributed by atoms with Crippen LogP contribution in [0.1, 0.15) is 9.60 Å². The zero-order valence-corrected chi connectivity index (χ0v) is 22.9. The summed E-state index contributed by atoms with van der Waals surface area (Å²) in [4.78, 5) is 0. The van der Waals surface area contributed by atoms with E-state index in [0.29, 0.717) is 5.56 Å². The molecule has 9 aromatic rings. The van der Waals surface area contributed by atoms with Gasteiger partial charge in [0.05, 0.1) is 9.60 Å². The smallest absolute Gasteiger partial charge is 0.143 e. The predicted octanol–water partition coefficient (Wildman–Crippen LogP) is 12.0. The second kappa shape index (κ2) is 9.44. The van der Waals surface area contributed by atoms with E-state index in [4.69, 9.17) is 12.6 Å². The second-order valence-corrected chi connectivity index (χ2v) is 10.7. The molecule has 1 heterocycles. The fraction of sp³-hybridized carbons (Fsp3) is 0. The molecule has 0 radical (unpaired) electrons. The van der Waals surface area contributed by atoms with Crippen molar-refractivity contribution in [2.45, 2.75) is 0 Å². The monoisotopic (exact) mass is 553 g/mol. The molecule has 0 saturated carbocycles. The van der Waals surface area contributed by atoms with Gasteiger partial charge in [-0.25, -0.2) is 0 Å². The fourth-order valence-electron chi connectivity index (χ4n) is 6.58. The van der Waals surface area contributed by atoms with E-state index in [1.165, 1.54) is 0 Å². The minimum absolute atomic E-state index is 0.0426. The second-order valence-electron chi connectivity index (χ2n) is 10.7. The maximum Gasteiger partial charge on any atom is 0.143 e. The van der Waals surface area contributed by atoms with Gasteiger partial charge in [-0.1, -0.05) is 152 Å². The Morgan fingerprint density at radius 2 is 0.884 bits per heavy atom. The number of benzene rings is 8. The molecular weight excluding hydrogens is 520 g/mol. The summed E-state index contributed by atoms with van der Waals surface area (Å²) < 4.78 is 67.2. The molecule has 0 fully saturated rings. The summed E-state index contributed by atoms with van der Waals surface area (Å²) in [5.41, 5.74) is 5.24. The molecule has 0 N–H and O–H groups in total. The van der Waals surface area contributed by atoms with Gasteiger partial charge in [0.15, 0.2) is 0 Å². The van der Waals surface area contributed by atoms with E-state index in [2.05, 4.69) is 54.6 Å². The van der Waals surface area contributed by atoms with Crippen LogP contribution in [0.4, 0.5) is 0 Å². The number of hydrogen-bond acceptors (Lipinski definition) is 1. The van der Waals surface area contributed by atoms with Gasteiger partial charge in [0, 0.05) is 21.9 Å². The molecule has 1 nitrogen and oxygen atoms in total. The molecule has 0 bridgehead atoms. The van der Waals surface area contributed by atoms with Gasteiger partial charge < -0.3 is 4.42 Å². The summed E-state index contributed by atoms with van der Waals surface area (Å²) in [6.45, 7) is 0. The number of rotatable bonds is 3. The third-order valence-electron chi connectivity index (χ3n) is 8.40. The van der Waals surface area contributed by atoms with Crippen molar-refractivity contribution in [2.75, 3.05) is 0 Å². The molecule has 9 rings (SSSR count). The van der Waals surface area contributed by atoms with Crippen LogP contribution in [-0.2, 0) is 0 Å². The topological polar surface area (TPSA) is 13.1 Å². The summed E-state index contributed by atoms with van der Waals surface area (Å²) in [6, 6.07) is 36.5. The first-order valence-corrected chi connectivity index (χ1v) is 14.2. The Hall–Kier alpha value is -5.66. The standard InChI is InChI=1S/C42H26O/c1-2-13-27(14-3-1)28-25-26-36(30-16-5-4-15-29(28)30)40-32-18-6-8-20-34(32)41(35-21-9-7-19-33(35)40)38-23-12-22-37-31-17-10-11-24-39(31)43-42(37)38/h1-26H/i10D,11D,12D,17D,22D,23D,24D. The molecule has 8 aromatic carbocycles. The van der Waals surface area contributed by atoms with Gasteiger partial charge in [0.1, 0.15) is 11.2 Å². The first kappa shape index (κ1) is 18.0. The van der Waals surface area contributed by atoms with Crippen molar-refractivity contribution in [3.8, 4) is 33.4 Å². The summed E-state index contributed by atoms with van der Waals surface area (Å²) >= 11 is 0. The first-order chi connectivity index (χ1) is 24.3. The van der Waals surface area contributed by atoms with Crippen molar-refractivity contribution in [3.05, 3.63) is 158 Å². The summed E-state index contributed by atoms with van der Waals surface area (Å²) in [6.07, 6.45) is 0. The van der Waals surface area contributed by atoms with Crippen LogP contribution in [0.15, 0.2) is 162 Å². The highest BCUT2D eigenvalue weighted by atomic mass is 16.3. The van der Waals surface area contributed by atoms with Gasteiger partial charge in [0.2, 0.25) is 0 Å². The number of para-hydroxylation sites is 2. The maximum atomic E-state index is 9.27. The Morgan fingerprint density at radius 3 is 1.56 bits per heavy atom. The van der Waals surface area contributed by atoms with Crippen LogP contribution >= 0.6 is 0 Å². The Balaban J connectivity index is 1.45. The van der Waals surface area contributed by atoms with Crippen LogP contribution in [0, 0.1) is 0 Å². The molecule has 0 saturated heterocycles. The fourth-order valence-corrected chi connectivity index (χ4v) is 6.58. The molecular formula is C42H26O. The zero-order chi connectivity index (χ0) is 34.4. The molecule has 0 aliphatic carbocycles. The molecule has 1 aromatic heterocycles. The minimum atomic E-state index is -0.447. The highest BCUT2D eigenvalue weighted by Gasteiger charge is 2.21. The van der Waals surface area contributed by atoms with Crippen molar-refractivity contribution >= 4 is 54.3 Å². The van der Waals surface area contributed by atoms with Crippen molar-refractivity contribution in [1.82, 2.24) is 0 Å². The summed E-state index contributed by atoms with van der Waals surface area (Å²) in [7, 11) is 0. The lowest BCUT2D eigenvalue weighted by Gasteiger charge is -2.19. The van der Waals surface area contributed by atoms with Crippen LogP contribution in [0.3, 0.4) is 0 Å². The lowest BCUT2D eigenvalue weighted by molar-refractivity contribution is 0.670. The van der Waals surface area contributed by atoms with Gasteiger partial charge in [-0.05, 0) is 60.6 Å². The third kappa shape index (κ3) is 3.58. The van der Waals surface area contributed by atoms with Gasteiger partial charge in [0.25, 0.3) is 0 Å². The Bertz CT molecular complexity index is 2840. The quantitative estimate of drug-likeness (QED) is 0.198. The molecule has 0 spiro atoms. The first-order valence-electron chi connectivity index (χ1n) is 17.7. The Morgan fingerprint density at radius 1 is 0.372 bits per heavy atom. The van der Waals surface area contributed by atoms with Crippen molar-refractivity contribution in [3.63, 3.8) is 0 Å². The lowest BCUT2D eigenvalue weighted by atomic mass is 9.83. The third-order valence-corrected chi connectivity index (χ3v) is 8.40. The van der Waals surface area contributed by atoms with Crippen molar-refractivity contribution < 1.29 is 14.0 Å². The van der Waals surface area contributed by atoms with Crippen molar-refractivity contribution in [2.24, 2.45) is 0 Å². The van der Waals surface area contributed by atoms with E-state index in [9.17, 15) is 1.37 Å². The van der Waals surface area contributed by atoms with Crippen LogP contribution in [0.5, 0.6) is 0 Å². The Kier molecular flexibility index (Phi) is 3.95. The molecule has 43 heavy (non-hydrogen) atoms. The van der Waals surface area contributed by atoms with E-state index < -0.39 is 12.1 Å². The molecule has 0 aliphatic rings. The SMILES string of the molecule is [2H]c1c([2H])c([2H])c2c(oc3c(-c4c5ccccc5c(-c5ccc(-c6ccccc6)c6ccccc56)c5ccccc45)c([2H])c([2H])c([2H])c32)c1[2H]. The maximum absolute atomic E-state index is 9.27. The van der Waals surface area contributed by atoms with Gasteiger partial charge in [-0.2, -0.15) is 0 Å². The molecule has 200 valence electrons. The van der Waals surface area contributed by atoms with Gasteiger partial charge >= 0.3 is 0 Å². The summed E-state index contributed by atoms with van der Waals surface area (Å²) in [5.74, 6) is 0. The van der Waals surface area contributed by atoms with E-state index in [0.717, 1.165) is 54.6 Å². The lowest BCUT2D eigenvalue weighted by Crippen LogP contribution is -1.92. The number of fused-ring (bicyclic) bond motifs is 6. The van der Waals surface area contributed by atoms with Crippen LogP contribution < -0.4 is 0 Å². The zero-order valence-electron chi connectivity index (χ0n) is 29.9. The van der Waals surface area contributed by atoms with Crippen LogP contribution in [0.2, 0.25) is 0 Å². The Labute approximate surface area is 259 Å². The van der Waals surface area contributed by atoms with Gasteiger partial charge in [-0.15, -0.1) is 0 Å². The highest BCUT2D eigenvalue weighted by Crippen LogP contribution is 2.48. The molecule has 0 unspecified atom stereocenters. The van der Waals surface area contributed by atoms with E-state index >= 15 is 0 Å². The van der Waals surface area contributed by atoms with Gasteiger partial charge in [-0.3, -0.25) is 0 Å². The highest BCUT2D eigenvalue weighted by molar-refractivity contribution is 6.26. The largest absolute Gasteiger partial charge is 0.455 e. The summed E-state index contributed by atoms with van der Waals surface area (Å²) in [5, 5.41) is 5.82. The van der Waals surface area contributed by atoms with Crippen molar-refractivity contribution in [1.29, 1.82) is 0 Å². The van der Waals surface area contributed by atoms with Crippen LogP contribution in [0.25, 0.3) is 87.6 Å².